The molecule has 2 N–H and O–H groups in total. The number of carbonyl (C=O) groups is 1. The molecule has 0 spiro atoms. The van der Waals surface area contributed by atoms with Gasteiger partial charge < -0.3 is 10.6 Å². The number of nitrogens with one attached hydrogen (secondary N) is 2. The Balaban J connectivity index is 1.72. The SMILES string of the molecule is N#CCCNC(=O)CSc1cccc(CNC2CC2)c1. The molecule has 1 saturated carbocycles. The maximum Gasteiger partial charge on any atom is 0.230 e. The van der Waals surface area contributed by atoms with E-state index in [4.69, 9.17) is 5.26 Å². The number of nitrogens with zero attached hydrogens (tertiary/aromatic N) is 1. The van der Waals surface area contributed by atoms with Crippen LogP contribution in [0.4, 0.5) is 0 Å². The zero-order valence-corrected chi connectivity index (χ0v) is 12.2. The van der Waals surface area contributed by atoms with Crippen LogP contribution in [0.15, 0.2) is 29.2 Å². The molecule has 1 aliphatic carbocycles. The number of hydrogen-bond donors (Lipinski definition) is 2. The molecule has 1 amide bonds. The second kappa shape index (κ2) is 7.93. The van der Waals surface area contributed by atoms with Crippen molar-refractivity contribution in [2.75, 3.05) is 12.3 Å². The van der Waals surface area contributed by atoms with Gasteiger partial charge in [0, 0.05) is 24.0 Å². The summed E-state index contributed by atoms with van der Waals surface area (Å²) in [4.78, 5) is 12.7. The Kier molecular flexibility index (Phi) is 5.90. The lowest BCUT2D eigenvalue weighted by molar-refractivity contribution is -0.118. The molecule has 0 aromatic heterocycles. The summed E-state index contributed by atoms with van der Waals surface area (Å²) in [6.45, 7) is 1.33. The van der Waals surface area contributed by atoms with Crippen molar-refractivity contribution in [2.24, 2.45) is 0 Å². The van der Waals surface area contributed by atoms with Crippen molar-refractivity contribution >= 4 is 17.7 Å². The molecule has 106 valence electrons. The van der Waals surface area contributed by atoms with Crippen molar-refractivity contribution in [1.82, 2.24) is 10.6 Å². The first kappa shape index (κ1) is 14.9. The minimum Gasteiger partial charge on any atom is -0.354 e. The zero-order valence-electron chi connectivity index (χ0n) is 11.4. The third kappa shape index (κ3) is 5.64. The topological polar surface area (TPSA) is 64.9 Å². The second-order valence-electron chi connectivity index (χ2n) is 4.85. The number of benzene rings is 1. The van der Waals surface area contributed by atoms with E-state index in [0.29, 0.717) is 24.8 Å². The van der Waals surface area contributed by atoms with Gasteiger partial charge in [-0.05, 0) is 30.5 Å². The molecule has 0 radical (unpaired) electrons. The average Bonchev–Trinajstić information content (AvgIpc) is 3.28. The van der Waals surface area contributed by atoms with Crippen LogP contribution in [0.5, 0.6) is 0 Å². The summed E-state index contributed by atoms with van der Waals surface area (Å²) in [5, 5.41) is 14.6. The third-order valence-corrected chi connectivity index (χ3v) is 3.99. The van der Waals surface area contributed by atoms with Crippen molar-refractivity contribution in [1.29, 1.82) is 5.26 Å². The van der Waals surface area contributed by atoms with Crippen LogP contribution >= 0.6 is 11.8 Å². The normalized spacial score (nSPS) is 13.8. The van der Waals surface area contributed by atoms with Gasteiger partial charge in [-0.15, -0.1) is 11.8 Å². The maximum atomic E-state index is 11.5. The van der Waals surface area contributed by atoms with E-state index in [1.807, 2.05) is 18.2 Å². The van der Waals surface area contributed by atoms with Crippen molar-refractivity contribution in [3.05, 3.63) is 29.8 Å². The predicted molar refractivity (Wildman–Crippen MR) is 80.3 cm³/mol. The molecule has 0 heterocycles. The van der Waals surface area contributed by atoms with Crippen LogP contribution in [-0.4, -0.2) is 24.2 Å². The van der Waals surface area contributed by atoms with Gasteiger partial charge in [-0.1, -0.05) is 12.1 Å². The van der Waals surface area contributed by atoms with Crippen LogP contribution < -0.4 is 10.6 Å². The molecule has 2 rings (SSSR count). The van der Waals surface area contributed by atoms with Crippen LogP contribution in [-0.2, 0) is 11.3 Å². The lowest BCUT2D eigenvalue weighted by Crippen LogP contribution is -2.25. The minimum atomic E-state index is -0.0215. The van der Waals surface area contributed by atoms with Gasteiger partial charge in [-0.25, -0.2) is 0 Å². The molecular weight excluding hydrogens is 270 g/mol. The summed E-state index contributed by atoms with van der Waals surface area (Å²) in [7, 11) is 0. The van der Waals surface area contributed by atoms with Gasteiger partial charge in [-0.3, -0.25) is 4.79 Å². The van der Waals surface area contributed by atoms with Gasteiger partial charge in [0.15, 0.2) is 0 Å². The maximum absolute atomic E-state index is 11.5. The highest BCUT2D eigenvalue weighted by Crippen LogP contribution is 2.21. The minimum absolute atomic E-state index is 0.0215. The Morgan fingerprint density at radius 2 is 2.30 bits per heavy atom. The van der Waals surface area contributed by atoms with Gasteiger partial charge in [-0.2, -0.15) is 5.26 Å². The summed E-state index contributed by atoms with van der Waals surface area (Å²) >= 11 is 1.53. The van der Waals surface area contributed by atoms with E-state index in [2.05, 4.69) is 22.8 Å². The standard InChI is InChI=1S/C15H19N3OS/c16-7-2-8-17-15(19)11-20-14-4-1-3-12(9-14)10-18-13-5-6-13/h1,3-4,9,13,18H,2,5-6,8,10-11H2,(H,17,19). The Hall–Kier alpha value is -1.51. The first-order valence-electron chi connectivity index (χ1n) is 6.86. The van der Waals surface area contributed by atoms with Gasteiger partial charge in [0.25, 0.3) is 0 Å². The molecular formula is C15H19N3OS. The van der Waals surface area contributed by atoms with Crippen molar-refractivity contribution < 1.29 is 4.79 Å². The molecule has 5 heteroatoms. The highest BCUT2D eigenvalue weighted by molar-refractivity contribution is 8.00. The number of rotatable bonds is 8. The Morgan fingerprint density at radius 1 is 1.45 bits per heavy atom. The van der Waals surface area contributed by atoms with E-state index in [0.717, 1.165) is 11.4 Å². The molecule has 0 atom stereocenters. The first-order valence-corrected chi connectivity index (χ1v) is 7.85. The second-order valence-corrected chi connectivity index (χ2v) is 5.90. The molecule has 0 unspecified atom stereocenters. The summed E-state index contributed by atoms with van der Waals surface area (Å²) < 4.78 is 0. The van der Waals surface area contributed by atoms with Crippen LogP contribution in [0.3, 0.4) is 0 Å². The first-order chi connectivity index (χ1) is 9.78. The lowest BCUT2D eigenvalue weighted by Gasteiger charge is -2.06. The quantitative estimate of drug-likeness (QED) is 0.568. The van der Waals surface area contributed by atoms with Gasteiger partial charge in [0.2, 0.25) is 5.91 Å². The molecule has 1 aliphatic rings. The number of nitriles is 1. The number of amides is 1. The van der Waals surface area contributed by atoms with Gasteiger partial charge in [0.05, 0.1) is 18.2 Å². The van der Waals surface area contributed by atoms with E-state index >= 15 is 0 Å². The van der Waals surface area contributed by atoms with Crippen LogP contribution in [0.2, 0.25) is 0 Å². The summed E-state index contributed by atoms with van der Waals surface area (Å²) in [5.41, 5.74) is 1.26. The summed E-state index contributed by atoms with van der Waals surface area (Å²) in [6, 6.07) is 11.0. The fourth-order valence-electron chi connectivity index (χ4n) is 1.75. The Morgan fingerprint density at radius 3 is 3.05 bits per heavy atom. The van der Waals surface area contributed by atoms with E-state index in [1.165, 1.54) is 30.2 Å². The van der Waals surface area contributed by atoms with Crippen LogP contribution in [0.25, 0.3) is 0 Å². The predicted octanol–water partition coefficient (Wildman–Crippen LogP) is 2.06. The Labute approximate surface area is 123 Å². The highest BCUT2D eigenvalue weighted by atomic mass is 32.2. The third-order valence-electron chi connectivity index (χ3n) is 3.00. The van der Waals surface area contributed by atoms with E-state index in [1.54, 1.807) is 0 Å². The molecule has 1 fully saturated rings. The number of carbonyl (C=O) groups excluding carboxylic acids is 1. The number of thioether (sulfide) groups is 1. The lowest BCUT2D eigenvalue weighted by atomic mass is 10.2. The molecule has 0 aliphatic heterocycles. The molecule has 1 aromatic carbocycles. The molecule has 0 saturated heterocycles. The van der Waals surface area contributed by atoms with Crippen molar-refractivity contribution in [3.8, 4) is 6.07 Å². The van der Waals surface area contributed by atoms with Crippen molar-refractivity contribution in [3.63, 3.8) is 0 Å². The highest BCUT2D eigenvalue weighted by Gasteiger charge is 2.19. The summed E-state index contributed by atoms with van der Waals surface area (Å²) in [6.07, 6.45) is 2.94. The largest absolute Gasteiger partial charge is 0.354 e. The smallest absolute Gasteiger partial charge is 0.230 e. The van der Waals surface area contributed by atoms with E-state index < -0.39 is 0 Å². The van der Waals surface area contributed by atoms with Gasteiger partial charge >= 0.3 is 0 Å². The van der Waals surface area contributed by atoms with Crippen molar-refractivity contribution in [2.45, 2.75) is 36.7 Å². The van der Waals surface area contributed by atoms with Gasteiger partial charge in [0.1, 0.15) is 0 Å². The van der Waals surface area contributed by atoms with E-state index in [-0.39, 0.29) is 5.91 Å². The fraction of sp³-hybridized carbons (Fsp3) is 0.467. The zero-order chi connectivity index (χ0) is 14.2. The number of hydrogen-bond acceptors (Lipinski definition) is 4. The Bertz CT molecular complexity index is 494. The molecule has 4 nitrogen and oxygen atoms in total. The fourth-order valence-corrected chi connectivity index (χ4v) is 2.56. The molecule has 1 aromatic rings. The molecule has 20 heavy (non-hydrogen) atoms. The van der Waals surface area contributed by atoms with Crippen LogP contribution in [0, 0.1) is 11.3 Å². The van der Waals surface area contributed by atoms with Crippen LogP contribution in [0.1, 0.15) is 24.8 Å². The molecule has 0 bridgehead atoms. The monoisotopic (exact) mass is 289 g/mol. The average molecular weight is 289 g/mol. The summed E-state index contributed by atoms with van der Waals surface area (Å²) in [5.74, 6) is 0.372. The van der Waals surface area contributed by atoms with E-state index in [9.17, 15) is 4.79 Å².